The van der Waals surface area contributed by atoms with Crippen molar-refractivity contribution in [1.29, 1.82) is 0 Å². The Morgan fingerprint density at radius 3 is 2.66 bits per heavy atom. The van der Waals surface area contributed by atoms with Gasteiger partial charge < -0.3 is 24.7 Å². The molecule has 176 valence electrons. The van der Waals surface area contributed by atoms with Gasteiger partial charge in [0.15, 0.2) is 5.96 Å². The molecule has 0 spiro atoms. The average Bonchev–Trinajstić information content (AvgIpc) is 3.24. The number of amides is 1. The van der Waals surface area contributed by atoms with E-state index in [-0.39, 0.29) is 41.9 Å². The Morgan fingerprint density at radius 2 is 2.00 bits per heavy atom. The first kappa shape index (κ1) is 25.9. The fraction of sp³-hybridized carbons (Fsp3) is 0.500. The van der Waals surface area contributed by atoms with Gasteiger partial charge in [-0.3, -0.25) is 4.99 Å². The molecule has 0 bridgehead atoms. The van der Waals surface area contributed by atoms with Gasteiger partial charge in [0.25, 0.3) is 0 Å². The van der Waals surface area contributed by atoms with Crippen molar-refractivity contribution in [2.45, 2.75) is 39.2 Å². The molecule has 2 heterocycles. The number of rotatable bonds is 7. The summed E-state index contributed by atoms with van der Waals surface area (Å²) >= 11 is 0. The lowest BCUT2D eigenvalue weighted by atomic mass is 10.1. The number of aromatic nitrogens is 1. The monoisotopic (exact) mass is 559 g/mol. The molecule has 32 heavy (non-hydrogen) atoms. The minimum atomic E-state index is -0.292. The van der Waals surface area contributed by atoms with Crippen molar-refractivity contribution in [2.24, 2.45) is 4.99 Å². The smallest absolute Gasteiger partial charge is 0.409 e. The molecule has 0 unspecified atom stereocenters. The van der Waals surface area contributed by atoms with Crippen LogP contribution in [0, 0.1) is 5.82 Å². The summed E-state index contributed by atoms with van der Waals surface area (Å²) in [6, 6.07) is 6.30. The first-order valence-electron chi connectivity index (χ1n) is 10.8. The summed E-state index contributed by atoms with van der Waals surface area (Å²) in [6.07, 6.45) is 3.68. The number of hydrogen-bond donors (Lipinski definition) is 2. The van der Waals surface area contributed by atoms with E-state index in [9.17, 15) is 9.18 Å². The van der Waals surface area contributed by atoms with Gasteiger partial charge >= 0.3 is 6.09 Å². The Balaban J connectivity index is 0.00000363. The molecule has 0 atom stereocenters. The van der Waals surface area contributed by atoms with Crippen molar-refractivity contribution in [2.75, 3.05) is 32.8 Å². The number of halogens is 2. The van der Waals surface area contributed by atoms with Crippen molar-refractivity contribution in [1.82, 2.24) is 20.5 Å². The Hall–Kier alpha value is -2.37. The van der Waals surface area contributed by atoms with Gasteiger partial charge in [-0.05, 0) is 51.0 Å². The SMILES string of the molecule is CCNC(=NCCc1coc(-c2ccc(F)cc2)n1)NC1CCN(C(=O)OCC)CC1.I. The zero-order valence-corrected chi connectivity index (χ0v) is 20.8. The predicted octanol–water partition coefficient (Wildman–Crippen LogP) is 3.82. The third-order valence-corrected chi connectivity index (χ3v) is 4.99. The van der Waals surface area contributed by atoms with Gasteiger partial charge in [0, 0.05) is 44.2 Å². The van der Waals surface area contributed by atoms with E-state index in [0.717, 1.165) is 36.6 Å². The molecule has 2 N–H and O–H groups in total. The van der Waals surface area contributed by atoms with E-state index in [0.29, 0.717) is 38.6 Å². The van der Waals surface area contributed by atoms with E-state index in [4.69, 9.17) is 9.15 Å². The maximum Gasteiger partial charge on any atom is 0.409 e. The molecule has 3 rings (SSSR count). The molecule has 2 aromatic rings. The van der Waals surface area contributed by atoms with Crippen molar-refractivity contribution in [3.63, 3.8) is 0 Å². The molecule has 1 aliphatic rings. The fourth-order valence-corrected chi connectivity index (χ4v) is 3.36. The number of likely N-dealkylation sites (tertiary alicyclic amines) is 1. The molecule has 0 aliphatic carbocycles. The Kier molecular flexibility index (Phi) is 10.7. The first-order chi connectivity index (χ1) is 15.1. The van der Waals surface area contributed by atoms with Gasteiger partial charge in [-0.1, -0.05) is 0 Å². The number of guanidine groups is 1. The van der Waals surface area contributed by atoms with Crippen LogP contribution >= 0.6 is 24.0 Å². The number of nitrogens with one attached hydrogen (secondary N) is 2. The van der Waals surface area contributed by atoms with Crippen LogP contribution in [-0.4, -0.2) is 60.8 Å². The minimum absolute atomic E-state index is 0. The molecule has 0 saturated carbocycles. The number of carbonyl (C=O) groups is 1. The summed E-state index contributed by atoms with van der Waals surface area (Å²) in [5, 5.41) is 6.71. The van der Waals surface area contributed by atoms with Crippen molar-refractivity contribution < 1.29 is 18.3 Å². The number of ether oxygens (including phenoxy) is 1. The third kappa shape index (κ3) is 7.64. The van der Waals surface area contributed by atoms with Crippen LogP contribution in [0.3, 0.4) is 0 Å². The van der Waals surface area contributed by atoms with Crippen LogP contribution in [0.4, 0.5) is 9.18 Å². The number of oxazole rings is 1. The van der Waals surface area contributed by atoms with Crippen LogP contribution in [0.1, 0.15) is 32.4 Å². The second-order valence-electron chi connectivity index (χ2n) is 7.27. The largest absolute Gasteiger partial charge is 0.450 e. The molecule has 1 amide bonds. The van der Waals surface area contributed by atoms with Crippen LogP contribution in [-0.2, 0) is 11.2 Å². The zero-order valence-electron chi connectivity index (χ0n) is 18.5. The molecular formula is C22H31FIN5O3. The second kappa shape index (κ2) is 13.2. The normalized spacial score (nSPS) is 14.6. The summed E-state index contributed by atoms with van der Waals surface area (Å²) in [4.78, 5) is 22.7. The van der Waals surface area contributed by atoms with E-state index in [1.807, 2.05) is 13.8 Å². The molecular weight excluding hydrogens is 528 g/mol. The van der Waals surface area contributed by atoms with Gasteiger partial charge in [-0.25, -0.2) is 14.2 Å². The molecule has 1 fully saturated rings. The van der Waals surface area contributed by atoms with Gasteiger partial charge in [-0.15, -0.1) is 24.0 Å². The number of nitrogens with zero attached hydrogens (tertiary/aromatic N) is 3. The minimum Gasteiger partial charge on any atom is -0.450 e. The molecule has 0 radical (unpaired) electrons. The highest BCUT2D eigenvalue weighted by Gasteiger charge is 2.24. The fourth-order valence-electron chi connectivity index (χ4n) is 3.36. The summed E-state index contributed by atoms with van der Waals surface area (Å²) in [7, 11) is 0. The summed E-state index contributed by atoms with van der Waals surface area (Å²) < 4.78 is 23.6. The van der Waals surface area contributed by atoms with E-state index >= 15 is 0 Å². The molecule has 10 heteroatoms. The maximum absolute atomic E-state index is 13.1. The van der Waals surface area contributed by atoms with Gasteiger partial charge in [0.2, 0.25) is 5.89 Å². The van der Waals surface area contributed by atoms with Crippen LogP contribution in [0.15, 0.2) is 39.9 Å². The highest BCUT2D eigenvalue weighted by Crippen LogP contribution is 2.19. The molecule has 1 aromatic carbocycles. The van der Waals surface area contributed by atoms with Crippen LogP contribution in [0.5, 0.6) is 0 Å². The van der Waals surface area contributed by atoms with E-state index in [1.165, 1.54) is 12.1 Å². The van der Waals surface area contributed by atoms with E-state index < -0.39 is 0 Å². The maximum atomic E-state index is 13.1. The summed E-state index contributed by atoms with van der Waals surface area (Å²) in [5.41, 5.74) is 1.53. The van der Waals surface area contributed by atoms with Crippen LogP contribution < -0.4 is 10.6 Å². The quantitative estimate of drug-likeness (QED) is 0.305. The lowest BCUT2D eigenvalue weighted by Crippen LogP contribution is -2.50. The van der Waals surface area contributed by atoms with Gasteiger partial charge in [0.1, 0.15) is 12.1 Å². The summed E-state index contributed by atoms with van der Waals surface area (Å²) in [5.74, 6) is 0.927. The molecule has 1 saturated heterocycles. The van der Waals surface area contributed by atoms with Gasteiger partial charge in [0.05, 0.1) is 12.3 Å². The number of aliphatic imine (C=N–C) groups is 1. The molecule has 1 aliphatic heterocycles. The standard InChI is InChI=1S/C22H30FN5O3.HI/c1-3-24-21(27-18-10-13-28(14-11-18)22(29)30-4-2)25-12-9-19-15-31-20(26-19)16-5-7-17(23)8-6-16;/h5-8,15,18H,3-4,9-14H2,1-2H3,(H2,24,25,27);1H. The first-order valence-corrected chi connectivity index (χ1v) is 10.8. The Bertz CT molecular complexity index is 867. The molecule has 1 aromatic heterocycles. The lowest BCUT2D eigenvalue weighted by Gasteiger charge is -2.32. The predicted molar refractivity (Wildman–Crippen MR) is 132 cm³/mol. The van der Waals surface area contributed by atoms with E-state index in [2.05, 4.69) is 20.6 Å². The Morgan fingerprint density at radius 1 is 1.28 bits per heavy atom. The highest BCUT2D eigenvalue weighted by molar-refractivity contribution is 14.0. The molecule has 8 nitrogen and oxygen atoms in total. The van der Waals surface area contributed by atoms with Crippen LogP contribution in [0.25, 0.3) is 11.5 Å². The number of piperidine rings is 1. The topological polar surface area (TPSA) is 92.0 Å². The van der Waals surface area contributed by atoms with Gasteiger partial charge in [-0.2, -0.15) is 0 Å². The lowest BCUT2D eigenvalue weighted by molar-refractivity contribution is 0.0963. The van der Waals surface area contributed by atoms with Crippen molar-refractivity contribution >= 4 is 36.0 Å². The van der Waals surface area contributed by atoms with Crippen LogP contribution in [0.2, 0.25) is 0 Å². The number of hydrogen-bond acceptors (Lipinski definition) is 5. The Labute approximate surface area is 205 Å². The zero-order chi connectivity index (χ0) is 22.1. The van der Waals surface area contributed by atoms with Crippen molar-refractivity contribution in [3.05, 3.63) is 42.0 Å². The van der Waals surface area contributed by atoms with E-state index in [1.54, 1.807) is 23.3 Å². The average molecular weight is 559 g/mol. The summed E-state index contributed by atoms with van der Waals surface area (Å²) in [6.45, 7) is 6.87. The third-order valence-electron chi connectivity index (χ3n) is 4.99. The van der Waals surface area contributed by atoms with Crippen molar-refractivity contribution in [3.8, 4) is 11.5 Å². The highest BCUT2D eigenvalue weighted by atomic mass is 127. The second-order valence-corrected chi connectivity index (χ2v) is 7.27. The number of benzene rings is 1. The number of carbonyl (C=O) groups excluding carboxylic acids is 1.